The van der Waals surface area contributed by atoms with Crippen LogP contribution in [0.1, 0.15) is 22.3 Å². The first-order valence-electron chi connectivity index (χ1n) is 18.0. The van der Waals surface area contributed by atoms with Crippen molar-refractivity contribution in [3.05, 3.63) is 216 Å². The van der Waals surface area contributed by atoms with Crippen LogP contribution >= 0.6 is 0 Å². The molecule has 2 aliphatic carbocycles. The number of benzene rings is 8. The fourth-order valence-electron chi connectivity index (χ4n) is 9.07. The molecule has 0 radical (unpaired) electrons. The van der Waals surface area contributed by atoms with Gasteiger partial charge >= 0.3 is 0 Å². The van der Waals surface area contributed by atoms with E-state index in [0.29, 0.717) is 0 Å². The van der Waals surface area contributed by atoms with Crippen LogP contribution in [0.3, 0.4) is 0 Å². The standard InChI is InChI=1S/C50H36Si/c1-3-19-39(20-4-1)51(40-21-5-2-6-22-40,41-23-11-17-35(31-41)45-27-13-29-47-43-25-9-7-15-37(43)33-49(45)47)42-24-12-18-36(32-42)46-28-14-30-48-44-26-10-8-16-38(44)34-50(46)48/h1-32H,33-34H2. The molecule has 0 aromatic heterocycles. The number of hydrogen-bond acceptors (Lipinski definition) is 0. The van der Waals surface area contributed by atoms with Gasteiger partial charge in [-0.2, -0.15) is 0 Å². The maximum absolute atomic E-state index is 2.81. The summed E-state index contributed by atoms with van der Waals surface area (Å²) in [6.07, 6.45) is 1.94. The highest BCUT2D eigenvalue weighted by Crippen LogP contribution is 2.42. The SMILES string of the molecule is c1ccc([Si](c2ccccc2)(c2cccc(-c3cccc4c3Cc3ccccc3-4)c2)c2cccc(-c3cccc4c3Cc3ccccc3-4)c2)cc1. The monoisotopic (exact) mass is 664 g/mol. The summed E-state index contributed by atoms with van der Waals surface area (Å²) in [5.41, 5.74) is 16.4. The molecule has 0 unspecified atom stereocenters. The molecule has 0 atom stereocenters. The lowest BCUT2D eigenvalue weighted by Gasteiger charge is -2.35. The summed E-state index contributed by atoms with van der Waals surface area (Å²) in [5.74, 6) is 0. The lowest BCUT2D eigenvalue weighted by Crippen LogP contribution is -2.74. The summed E-state index contributed by atoms with van der Waals surface area (Å²) in [6.45, 7) is 0. The Morgan fingerprint density at radius 3 is 1.10 bits per heavy atom. The van der Waals surface area contributed by atoms with Gasteiger partial charge in [0.1, 0.15) is 0 Å². The van der Waals surface area contributed by atoms with Crippen molar-refractivity contribution < 1.29 is 0 Å². The molecule has 240 valence electrons. The Morgan fingerprint density at radius 2 is 0.627 bits per heavy atom. The van der Waals surface area contributed by atoms with E-state index in [4.69, 9.17) is 0 Å². The van der Waals surface area contributed by atoms with Gasteiger partial charge in [-0.15, -0.1) is 0 Å². The molecule has 0 spiro atoms. The Labute approximate surface area is 301 Å². The lowest BCUT2D eigenvalue weighted by molar-refractivity contribution is 1.26. The molecule has 0 aliphatic heterocycles. The molecule has 10 rings (SSSR count). The molecule has 8 aromatic carbocycles. The van der Waals surface area contributed by atoms with Crippen LogP contribution in [0, 0.1) is 0 Å². The average molecular weight is 665 g/mol. The smallest absolute Gasteiger partial charge is 0.0623 e. The van der Waals surface area contributed by atoms with Crippen LogP contribution in [-0.2, 0) is 12.8 Å². The number of rotatable bonds is 6. The summed E-state index contributed by atoms with van der Waals surface area (Å²) >= 11 is 0. The van der Waals surface area contributed by atoms with Crippen molar-refractivity contribution in [2.24, 2.45) is 0 Å². The Hall–Kier alpha value is -6.02. The Morgan fingerprint density at radius 1 is 0.275 bits per heavy atom. The second-order valence-corrected chi connectivity index (χ2v) is 17.8. The lowest BCUT2D eigenvalue weighted by atomic mass is 9.96. The molecule has 0 nitrogen and oxygen atoms in total. The van der Waals surface area contributed by atoms with Crippen LogP contribution < -0.4 is 20.7 Å². The third kappa shape index (κ3) is 4.73. The summed E-state index contributed by atoms with van der Waals surface area (Å²) in [7, 11) is -2.81. The van der Waals surface area contributed by atoms with E-state index in [0.717, 1.165) is 12.8 Å². The Bertz CT molecular complexity index is 2400. The molecule has 0 N–H and O–H groups in total. The highest BCUT2D eigenvalue weighted by atomic mass is 28.3. The predicted molar refractivity (Wildman–Crippen MR) is 217 cm³/mol. The van der Waals surface area contributed by atoms with Crippen molar-refractivity contribution in [1.82, 2.24) is 0 Å². The zero-order valence-corrected chi connectivity index (χ0v) is 29.4. The molecule has 2 aliphatic rings. The van der Waals surface area contributed by atoms with E-state index < -0.39 is 8.07 Å². The van der Waals surface area contributed by atoms with Crippen LogP contribution in [0.4, 0.5) is 0 Å². The highest BCUT2D eigenvalue weighted by molar-refractivity contribution is 7.20. The summed E-state index contributed by atoms with van der Waals surface area (Å²) in [6, 6.07) is 73.2. The molecular weight excluding hydrogens is 629 g/mol. The normalized spacial score (nSPS) is 12.5. The first-order valence-corrected chi connectivity index (χ1v) is 20.0. The van der Waals surface area contributed by atoms with Crippen molar-refractivity contribution in [3.63, 3.8) is 0 Å². The fourth-order valence-corrected chi connectivity index (χ4v) is 13.9. The third-order valence-corrected chi connectivity index (χ3v) is 16.1. The second-order valence-electron chi connectivity index (χ2n) is 14.0. The van der Waals surface area contributed by atoms with Gasteiger partial charge in [-0.25, -0.2) is 0 Å². The van der Waals surface area contributed by atoms with Crippen LogP contribution in [-0.4, -0.2) is 8.07 Å². The van der Waals surface area contributed by atoms with Gasteiger partial charge < -0.3 is 0 Å². The molecule has 0 heterocycles. The highest BCUT2D eigenvalue weighted by Gasteiger charge is 2.42. The second kappa shape index (κ2) is 12.1. The van der Waals surface area contributed by atoms with Gasteiger partial charge in [0, 0.05) is 0 Å². The van der Waals surface area contributed by atoms with Crippen LogP contribution in [0.5, 0.6) is 0 Å². The predicted octanol–water partition coefficient (Wildman–Crippen LogP) is 9.54. The van der Waals surface area contributed by atoms with Gasteiger partial charge in [-0.1, -0.05) is 194 Å². The molecule has 0 fully saturated rings. The van der Waals surface area contributed by atoms with E-state index >= 15 is 0 Å². The van der Waals surface area contributed by atoms with E-state index in [-0.39, 0.29) is 0 Å². The zero-order valence-electron chi connectivity index (χ0n) is 28.4. The Balaban J connectivity index is 1.20. The minimum atomic E-state index is -2.81. The largest absolute Gasteiger partial charge is 0.179 e. The van der Waals surface area contributed by atoms with Gasteiger partial charge in [0.15, 0.2) is 8.07 Å². The van der Waals surface area contributed by atoms with E-state index in [1.807, 2.05) is 0 Å². The van der Waals surface area contributed by atoms with Crippen molar-refractivity contribution >= 4 is 28.8 Å². The summed E-state index contributed by atoms with van der Waals surface area (Å²) in [4.78, 5) is 0. The minimum absolute atomic E-state index is 0.971. The van der Waals surface area contributed by atoms with Gasteiger partial charge in [-0.05, 0) is 100 Å². The van der Waals surface area contributed by atoms with E-state index in [1.54, 1.807) is 0 Å². The molecule has 8 aromatic rings. The molecular formula is C50H36Si. The van der Waals surface area contributed by atoms with Crippen LogP contribution in [0.25, 0.3) is 44.5 Å². The topological polar surface area (TPSA) is 0 Å². The first-order chi connectivity index (χ1) is 25.3. The molecule has 0 amide bonds. The molecule has 1 heteroatoms. The molecule has 0 saturated carbocycles. The van der Waals surface area contributed by atoms with E-state index in [1.165, 1.54) is 87.5 Å². The van der Waals surface area contributed by atoms with Gasteiger partial charge in [0.2, 0.25) is 0 Å². The summed E-state index contributed by atoms with van der Waals surface area (Å²) < 4.78 is 0. The summed E-state index contributed by atoms with van der Waals surface area (Å²) in [5, 5.41) is 5.57. The first kappa shape index (κ1) is 29.9. The molecule has 0 bridgehead atoms. The van der Waals surface area contributed by atoms with Crippen LogP contribution in [0.15, 0.2) is 194 Å². The maximum Gasteiger partial charge on any atom is 0.179 e. The molecule has 51 heavy (non-hydrogen) atoms. The fraction of sp³-hybridized carbons (Fsp3) is 0.0400. The zero-order chi connectivity index (χ0) is 33.8. The van der Waals surface area contributed by atoms with Crippen molar-refractivity contribution in [3.8, 4) is 44.5 Å². The number of hydrogen-bond donors (Lipinski definition) is 0. The van der Waals surface area contributed by atoms with E-state index in [9.17, 15) is 0 Å². The average Bonchev–Trinajstić information content (AvgIpc) is 3.78. The van der Waals surface area contributed by atoms with Gasteiger partial charge in [-0.3, -0.25) is 0 Å². The van der Waals surface area contributed by atoms with Crippen LogP contribution in [0.2, 0.25) is 0 Å². The van der Waals surface area contributed by atoms with Gasteiger partial charge in [0.25, 0.3) is 0 Å². The van der Waals surface area contributed by atoms with E-state index in [2.05, 4.69) is 194 Å². The minimum Gasteiger partial charge on any atom is -0.0623 e. The third-order valence-electron chi connectivity index (χ3n) is 11.3. The number of fused-ring (bicyclic) bond motifs is 6. The van der Waals surface area contributed by atoms with Gasteiger partial charge in [0.05, 0.1) is 0 Å². The Kier molecular flexibility index (Phi) is 7.08. The van der Waals surface area contributed by atoms with Crippen molar-refractivity contribution in [2.75, 3.05) is 0 Å². The van der Waals surface area contributed by atoms with Crippen molar-refractivity contribution in [1.29, 1.82) is 0 Å². The quantitative estimate of drug-likeness (QED) is 0.123. The maximum atomic E-state index is 2.52. The molecule has 0 saturated heterocycles. The van der Waals surface area contributed by atoms with Crippen molar-refractivity contribution in [2.45, 2.75) is 12.8 Å².